The van der Waals surface area contributed by atoms with Gasteiger partial charge in [0.2, 0.25) is 0 Å². The van der Waals surface area contributed by atoms with Crippen molar-refractivity contribution >= 4 is 11.6 Å². The Morgan fingerprint density at radius 1 is 1.44 bits per heavy atom. The van der Waals surface area contributed by atoms with Gasteiger partial charge < -0.3 is 20.7 Å². The smallest absolute Gasteiger partial charge is 0.268 e. The lowest BCUT2D eigenvalue weighted by atomic mass is 9.86. The SMILES string of the molecule is CCn1cc(N)cc1C(=O)NC(C)(C)C(C)(C)O. The molecule has 0 atom stereocenters. The molecule has 0 aliphatic rings. The van der Waals surface area contributed by atoms with Gasteiger partial charge in [-0.2, -0.15) is 0 Å². The Morgan fingerprint density at radius 3 is 2.44 bits per heavy atom. The summed E-state index contributed by atoms with van der Waals surface area (Å²) in [5.41, 5.74) is 5.01. The highest BCUT2D eigenvalue weighted by molar-refractivity contribution is 5.94. The number of carbonyl (C=O) groups is 1. The van der Waals surface area contributed by atoms with Crippen molar-refractivity contribution in [3.05, 3.63) is 18.0 Å². The maximum absolute atomic E-state index is 12.2. The molecule has 5 nitrogen and oxygen atoms in total. The first kappa shape index (κ1) is 14.6. The number of aromatic nitrogens is 1. The number of nitrogen functional groups attached to an aromatic ring is 1. The van der Waals surface area contributed by atoms with Crippen LogP contribution >= 0.6 is 0 Å². The molecular weight excluding hydrogens is 230 g/mol. The molecule has 1 heterocycles. The summed E-state index contributed by atoms with van der Waals surface area (Å²) in [6, 6.07) is 1.64. The molecule has 4 N–H and O–H groups in total. The van der Waals surface area contributed by atoms with E-state index in [9.17, 15) is 9.90 Å². The van der Waals surface area contributed by atoms with Gasteiger partial charge in [-0.1, -0.05) is 0 Å². The summed E-state index contributed by atoms with van der Waals surface area (Å²) >= 11 is 0. The van der Waals surface area contributed by atoms with Crippen LogP contribution in [-0.2, 0) is 6.54 Å². The second-order valence-electron chi connectivity index (χ2n) is 5.58. The number of hydrogen-bond acceptors (Lipinski definition) is 3. The highest BCUT2D eigenvalue weighted by Crippen LogP contribution is 2.21. The van der Waals surface area contributed by atoms with Crippen LogP contribution < -0.4 is 11.1 Å². The van der Waals surface area contributed by atoms with Crippen LogP contribution in [0.4, 0.5) is 5.69 Å². The summed E-state index contributed by atoms with van der Waals surface area (Å²) < 4.78 is 1.78. The summed E-state index contributed by atoms with van der Waals surface area (Å²) in [4.78, 5) is 12.2. The Bertz CT molecular complexity index is 442. The minimum absolute atomic E-state index is 0.235. The Labute approximate surface area is 108 Å². The van der Waals surface area contributed by atoms with Crippen LogP contribution in [0.1, 0.15) is 45.1 Å². The topological polar surface area (TPSA) is 80.3 Å². The fraction of sp³-hybridized carbons (Fsp3) is 0.615. The first-order valence-corrected chi connectivity index (χ1v) is 6.09. The van der Waals surface area contributed by atoms with Gasteiger partial charge in [0, 0.05) is 12.7 Å². The van der Waals surface area contributed by atoms with Gasteiger partial charge in [0.15, 0.2) is 0 Å². The first-order valence-electron chi connectivity index (χ1n) is 6.09. The second kappa shape index (κ2) is 4.65. The number of aryl methyl sites for hydroxylation is 1. The van der Waals surface area contributed by atoms with Crippen LogP contribution in [0.3, 0.4) is 0 Å². The van der Waals surface area contributed by atoms with E-state index in [1.54, 1.807) is 44.5 Å². The van der Waals surface area contributed by atoms with Gasteiger partial charge in [-0.15, -0.1) is 0 Å². The molecule has 102 valence electrons. The van der Waals surface area contributed by atoms with Crippen molar-refractivity contribution in [1.82, 2.24) is 9.88 Å². The number of aliphatic hydroxyl groups is 1. The summed E-state index contributed by atoms with van der Waals surface area (Å²) in [7, 11) is 0. The van der Waals surface area contributed by atoms with Crippen LogP contribution in [0.2, 0.25) is 0 Å². The monoisotopic (exact) mass is 253 g/mol. The van der Waals surface area contributed by atoms with Crippen LogP contribution in [0.25, 0.3) is 0 Å². The molecule has 1 aromatic rings. The summed E-state index contributed by atoms with van der Waals surface area (Å²) in [6.45, 7) is 9.52. The van der Waals surface area contributed by atoms with Crippen molar-refractivity contribution < 1.29 is 9.90 Å². The Morgan fingerprint density at radius 2 is 2.00 bits per heavy atom. The highest BCUT2D eigenvalue weighted by atomic mass is 16.3. The first-order chi connectivity index (χ1) is 8.08. The lowest BCUT2D eigenvalue weighted by Crippen LogP contribution is -2.57. The van der Waals surface area contributed by atoms with E-state index in [0.29, 0.717) is 17.9 Å². The molecule has 0 bridgehead atoms. The molecule has 1 aromatic heterocycles. The van der Waals surface area contributed by atoms with E-state index in [1.165, 1.54) is 0 Å². The van der Waals surface area contributed by atoms with Crippen molar-refractivity contribution in [2.75, 3.05) is 5.73 Å². The quantitative estimate of drug-likeness (QED) is 0.758. The third-order valence-electron chi connectivity index (χ3n) is 3.45. The molecule has 5 heteroatoms. The van der Waals surface area contributed by atoms with E-state index in [2.05, 4.69) is 5.32 Å². The number of carbonyl (C=O) groups excluding carboxylic acids is 1. The second-order valence-corrected chi connectivity index (χ2v) is 5.58. The number of hydrogen-bond donors (Lipinski definition) is 3. The van der Waals surface area contributed by atoms with Crippen LogP contribution in [0, 0.1) is 0 Å². The van der Waals surface area contributed by atoms with Gasteiger partial charge in [-0.25, -0.2) is 0 Å². The van der Waals surface area contributed by atoms with Crippen LogP contribution in [0.5, 0.6) is 0 Å². The van der Waals surface area contributed by atoms with Gasteiger partial charge in [0.05, 0.1) is 16.8 Å². The average Bonchev–Trinajstić information content (AvgIpc) is 2.57. The number of nitrogens with one attached hydrogen (secondary N) is 1. The molecule has 0 spiro atoms. The molecule has 0 aliphatic heterocycles. The minimum Gasteiger partial charge on any atom is -0.397 e. The molecular formula is C13H23N3O2. The molecule has 1 rings (SSSR count). The normalized spacial score (nSPS) is 12.6. The van der Waals surface area contributed by atoms with Crippen LogP contribution in [-0.4, -0.2) is 26.7 Å². The molecule has 0 aliphatic carbocycles. The fourth-order valence-electron chi connectivity index (χ4n) is 1.49. The predicted octanol–water partition coefficient (Wildman–Crippen LogP) is 1.37. The maximum Gasteiger partial charge on any atom is 0.268 e. The number of amides is 1. The van der Waals surface area contributed by atoms with E-state index in [4.69, 9.17) is 5.73 Å². The molecule has 0 saturated carbocycles. The Balaban J connectivity index is 2.96. The third-order valence-corrected chi connectivity index (χ3v) is 3.45. The van der Waals surface area contributed by atoms with Gasteiger partial charge in [0.25, 0.3) is 5.91 Å². The molecule has 0 fully saturated rings. The highest BCUT2D eigenvalue weighted by Gasteiger charge is 2.36. The van der Waals surface area contributed by atoms with E-state index in [1.807, 2.05) is 6.92 Å². The molecule has 0 radical (unpaired) electrons. The third kappa shape index (κ3) is 2.85. The van der Waals surface area contributed by atoms with Gasteiger partial charge in [-0.05, 0) is 40.7 Å². The lowest BCUT2D eigenvalue weighted by Gasteiger charge is -2.38. The molecule has 0 saturated heterocycles. The lowest BCUT2D eigenvalue weighted by molar-refractivity contribution is -0.00309. The Hall–Kier alpha value is -1.49. The number of nitrogens with zero attached hydrogens (tertiary/aromatic N) is 1. The zero-order chi connectivity index (χ0) is 14.1. The number of rotatable bonds is 4. The molecule has 0 aromatic carbocycles. The van der Waals surface area contributed by atoms with E-state index >= 15 is 0 Å². The van der Waals surface area contributed by atoms with Crippen molar-refractivity contribution in [2.24, 2.45) is 0 Å². The standard InChI is InChI=1S/C13H23N3O2/c1-6-16-8-9(14)7-10(16)11(17)15-12(2,3)13(4,5)18/h7-8,18H,6,14H2,1-5H3,(H,15,17). The fourth-order valence-corrected chi connectivity index (χ4v) is 1.49. The summed E-state index contributed by atoms with van der Waals surface area (Å²) in [5, 5.41) is 12.9. The minimum atomic E-state index is -1.02. The van der Waals surface area contributed by atoms with Gasteiger partial charge >= 0.3 is 0 Å². The van der Waals surface area contributed by atoms with Gasteiger partial charge in [0.1, 0.15) is 5.69 Å². The zero-order valence-corrected chi connectivity index (χ0v) is 11.7. The van der Waals surface area contributed by atoms with E-state index < -0.39 is 11.1 Å². The Kier molecular flexibility index (Phi) is 3.76. The molecule has 1 amide bonds. The maximum atomic E-state index is 12.2. The van der Waals surface area contributed by atoms with Crippen LogP contribution in [0.15, 0.2) is 12.3 Å². The van der Waals surface area contributed by atoms with E-state index in [-0.39, 0.29) is 5.91 Å². The molecule has 0 unspecified atom stereocenters. The zero-order valence-electron chi connectivity index (χ0n) is 11.7. The largest absolute Gasteiger partial charge is 0.397 e. The van der Waals surface area contributed by atoms with Crippen molar-refractivity contribution in [3.8, 4) is 0 Å². The van der Waals surface area contributed by atoms with Crippen molar-refractivity contribution in [1.29, 1.82) is 0 Å². The van der Waals surface area contributed by atoms with Crippen molar-refractivity contribution in [2.45, 2.75) is 52.3 Å². The average molecular weight is 253 g/mol. The summed E-state index contributed by atoms with van der Waals surface area (Å²) in [5.74, 6) is -0.235. The predicted molar refractivity (Wildman–Crippen MR) is 72.4 cm³/mol. The van der Waals surface area contributed by atoms with Gasteiger partial charge in [-0.3, -0.25) is 4.79 Å². The summed E-state index contributed by atoms with van der Waals surface area (Å²) in [6.07, 6.45) is 1.73. The number of nitrogens with two attached hydrogens (primary N) is 1. The van der Waals surface area contributed by atoms with Crippen molar-refractivity contribution in [3.63, 3.8) is 0 Å². The molecule has 18 heavy (non-hydrogen) atoms. The number of anilines is 1. The van der Waals surface area contributed by atoms with E-state index in [0.717, 1.165) is 0 Å².